The van der Waals surface area contributed by atoms with Gasteiger partial charge < -0.3 is 4.90 Å². The first-order chi connectivity index (χ1) is 11.0. The Balaban J connectivity index is 1.94. The number of sulfonamides is 1. The smallest absolute Gasteiger partial charge is 0.263 e. The molecule has 0 bridgehead atoms. The van der Waals surface area contributed by atoms with Crippen LogP contribution in [0.1, 0.15) is 18.9 Å². The van der Waals surface area contributed by atoms with Gasteiger partial charge in [0.1, 0.15) is 5.82 Å². The highest BCUT2D eigenvalue weighted by Crippen LogP contribution is 2.30. The Labute approximate surface area is 135 Å². The minimum Gasteiger partial charge on any atom is -0.312 e. The first-order valence-corrected chi connectivity index (χ1v) is 8.80. The fraction of sp³-hybridized carbons (Fsp3) is 0.250. The summed E-state index contributed by atoms with van der Waals surface area (Å²) < 4.78 is 27.4. The molecule has 1 aromatic carbocycles. The summed E-state index contributed by atoms with van der Waals surface area (Å²) >= 11 is 0. The van der Waals surface area contributed by atoms with Crippen molar-refractivity contribution in [2.45, 2.75) is 24.7 Å². The molecular weight excluding hydrogens is 314 g/mol. The van der Waals surface area contributed by atoms with Gasteiger partial charge in [0.25, 0.3) is 10.0 Å². The van der Waals surface area contributed by atoms with E-state index in [1.807, 2.05) is 0 Å². The fourth-order valence-corrected chi connectivity index (χ4v) is 3.75. The molecule has 1 N–H and O–H groups in total. The van der Waals surface area contributed by atoms with Crippen LogP contribution in [0.5, 0.6) is 0 Å². The van der Waals surface area contributed by atoms with E-state index in [1.165, 1.54) is 19.2 Å². The number of benzene rings is 1. The van der Waals surface area contributed by atoms with Crippen LogP contribution in [-0.4, -0.2) is 25.9 Å². The van der Waals surface area contributed by atoms with Gasteiger partial charge in [-0.05, 0) is 48.7 Å². The second-order valence-corrected chi connectivity index (χ2v) is 7.07. The molecule has 1 aliphatic rings. The largest absolute Gasteiger partial charge is 0.312 e. The topological polar surface area (TPSA) is 79.4 Å². The number of anilines is 2. The molecule has 1 amide bonds. The Kier molecular flexibility index (Phi) is 4.04. The zero-order chi connectivity index (χ0) is 16.4. The van der Waals surface area contributed by atoms with Crippen molar-refractivity contribution in [1.82, 2.24) is 4.98 Å². The highest BCUT2D eigenvalue weighted by atomic mass is 32.2. The van der Waals surface area contributed by atoms with Crippen LogP contribution in [0.3, 0.4) is 0 Å². The molecule has 0 atom stereocenters. The van der Waals surface area contributed by atoms with E-state index >= 15 is 0 Å². The van der Waals surface area contributed by atoms with Crippen LogP contribution in [0.2, 0.25) is 0 Å². The Morgan fingerprint density at radius 3 is 2.78 bits per heavy atom. The SMILES string of the molecule is CC(=O)N1CCCc2cc(S(=O)(=O)Nc3ccccn3)ccc21. The molecule has 0 spiro atoms. The molecule has 1 aromatic heterocycles. The van der Waals surface area contributed by atoms with Crippen LogP contribution < -0.4 is 9.62 Å². The Bertz CT molecular complexity index is 835. The van der Waals surface area contributed by atoms with Gasteiger partial charge in [-0.25, -0.2) is 13.4 Å². The highest BCUT2D eigenvalue weighted by Gasteiger charge is 2.23. The maximum Gasteiger partial charge on any atom is 0.263 e. The third-order valence-electron chi connectivity index (χ3n) is 3.76. The van der Waals surface area contributed by atoms with Crippen LogP contribution in [0, 0.1) is 0 Å². The molecule has 23 heavy (non-hydrogen) atoms. The normalized spacial score (nSPS) is 14.2. The number of hydrogen-bond acceptors (Lipinski definition) is 4. The molecular formula is C16H17N3O3S. The lowest BCUT2D eigenvalue weighted by atomic mass is 10.0. The third-order valence-corrected chi connectivity index (χ3v) is 5.12. The Morgan fingerprint density at radius 2 is 2.09 bits per heavy atom. The van der Waals surface area contributed by atoms with E-state index < -0.39 is 10.0 Å². The van der Waals surface area contributed by atoms with Gasteiger partial charge in [-0.1, -0.05) is 6.07 Å². The molecule has 6 nitrogen and oxygen atoms in total. The first kappa shape index (κ1) is 15.5. The molecule has 7 heteroatoms. The van der Waals surface area contributed by atoms with E-state index in [1.54, 1.807) is 35.2 Å². The minimum absolute atomic E-state index is 0.0341. The van der Waals surface area contributed by atoms with Crippen molar-refractivity contribution in [3.05, 3.63) is 48.2 Å². The standard InChI is InChI=1S/C16H17N3O3S/c1-12(20)19-10-4-5-13-11-14(7-8-15(13)19)23(21,22)18-16-6-2-3-9-17-16/h2-3,6-9,11H,4-5,10H2,1H3,(H,17,18). The van der Waals surface area contributed by atoms with Crippen LogP contribution in [0.15, 0.2) is 47.5 Å². The highest BCUT2D eigenvalue weighted by molar-refractivity contribution is 7.92. The van der Waals surface area contributed by atoms with E-state index in [0.29, 0.717) is 6.54 Å². The van der Waals surface area contributed by atoms with Gasteiger partial charge in [-0.2, -0.15) is 0 Å². The number of rotatable bonds is 3. The van der Waals surface area contributed by atoms with E-state index in [4.69, 9.17) is 0 Å². The van der Waals surface area contributed by atoms with Gasteiger partial charge >= 0.3 is 0 Å². The Morgan fingerprint density at radius 1 is 1.26 bits per heavy atom. The second-order valence-electron chi connectivity index (χ2n) is 5.39. The average Bonchev–Trinajstić information content (AvgIpc) is 2.54. The summed E-state index contributed by atoms with van der Waals surface area (Å²) in [6.45, 7) is 2.18. The minimum atomic E-state index is -3.70. The number of aryl methyl sites for hydroxylation is 1. The number of fused-ring (bicyclic) bond motifs is 1. The summed E-state index contributed by atoms with van der Waals surface area (Å²) in [4.78, 5) is 17.5. The predicted octanol–water partition coefficient (Wildman–Crippen LogP) is 2.18. The van der Waals surface area contributed by atoms with Crippen LogP contribution in [0.25, 0.3) is 0 Å². The summed E-state index contributed by atoms with van der Waals surface area (Å²) in [7, 11) is -3.70. The fourth-order valence-electron chi connectivity index (χ4n) is 2.69. The van der Waals surface area contributed by atoms with Gasteiger partial charge in [0.15, 0.2) is 0 Å². The molecule has 0 radical (unpaired) electrons. The molecule has 3 rings (SSSR count). The maximum atomic E-state index is 12.5. The number of hydrogen-bond donors (Lipinski definition) is 1. The van der Waals surface area contributed by atoms with Gasteiger partial charge in [0.05, 0.1) is 4.90 Å². The molecule has 0 aliphatic carbocycles. The molecule has 0 saturated carbocycles. The molecule has 0 saturated heterocycles. The van der Waals surface area contributed by atoms with Crippen molar-refractivity contribution in [1.29, 1.82) is 0 Å². The second kappa shape index (κ2) is 6.00. The van der Waals surface area contributed by atoms with Gasteiger partial charge in [-0.3, -0.25) is 9.52 Å². The molecule has 0 unspecified atom stereocenters. The van der Waals surface area contributed by atoms with Crippen LogP contribution >= 0.6 is 0 Å². The lowest BCUT2D eigenvalue weighted by Gasteiger charge is -2.28. The van der Waals surface area contributed by atoms with E-state index in [2.05, 4.69) is 9.71 Å². The number of carbonyl (C=O) groups is 1. The summed E-state index contributed by atoms with van der Waals surface area (Å²) in [6.07, 6.45) is 3.10. The number of pyridine rings is 1. The number of nitrogens with zero attached hydrogens (tertiary/aromatic N) is 2. The van der Waals surface area contributed by atoms with Crippen molar-refractivity contribution in [2.75, 3.05) is 16.2 Å². The molecule has 2 heterocycles. The van der Waals surface area contributed by atoms with Crippen molar-refractivity contribution in [2.24, 2.45) is 0 Å². The summed E-state index contributed by atoms with van der Waals surface area (Å²) in [5, 5.41) is 0. The van der Waals surface area contributed by atoms with E-state index in [9.17, 15) is 13.2 Å². The number of aromatic nitrogens is 1. The third kappa shape index (κ3) is 3.19. The van der Waals surface area contributed by atoms with Gasteiger partial charge in [0.2, 0.25) is 5.91 Å². The van der Waals surface area contributed by atoms with E-state index in [0.717, 1.165) is 24.1 Å². The lowest BCUT2D eigenvalue weighted by Crippen LogP contribution is -2.33. The molecule has 120 valence electrons. The quantitative estimate of drug-likeness (QED) is 0.935. The summed E-state index contributed by atoms with van der Waals surface area (Å²) in [5.74, 6) is 0.240. The molecule has 1 aliphatic heterocycles. The zero-order valence-corrected chi connectivity index (χ0v) is 13.5. The van der Waals surface area contributed by atoms with Crippen molar-refractivity contribution in [3.8, 4) is 0 Å². The number of amides is 1. The van der Waals surface area contributed by atoms with Crippen molar-refractivity contribution < 1.29 is 13.2 Å². The van der Waals surface area contributed by atoms with Crippen molar-refractivity contribution in [3.63, 3.8) is 0 Å². The lowest BCUT2D eigenvalue weighted by molar-refractivity contribution is -0.116. The van der Waals surface area contributed by atoms with Gasteiger partial charge in [-0.15, -0.1) is 0 Å². The number of carbonyl (C=O) groups excluding carboxylic acids is 1. The monoisotopic (exact) mass is 331 g/mol. The molecule has 0 fully saturated rings. The number of nitrogens with one attached hydrogen (secondary N) is 1. The summed E-state index contributed by atoms with van der Waals surface area (Å²) in [5.41, 5.74) is 1.66. The van der Waals surface area contributed by atoms with Crippen LogP contribution in [-0.2, 0) is 21.2 Å². The zero-order valence-electron chi connectivity index (χ0n) is 12.7. The molecule has 2 aromatic rings. The summed E-state index contributed by atoms with van der Waals surface area (Å²) in [6, 6.07) is 9.87. The van der Waals surface area contributed by atoms with Crippen LogP contribution in [0.4, 0.5) is 11.5 Å². The van der Waals surface area contributed by atoms with Crippen molar-refractivity contribution >= 4 is 27.4 Å². The Hall–Kier alpha value is -2.41. The average molecular weight is 331 g/mol. The van der Waals surface area contributed by atoms with E-state index in [-0.39, 0.29) is 16.6 Å². The van der Waals surface area contributed by atoms with Gasteiger partial charge in [0, 0.05) is 25.4 Å². The predicted molar refractivity (Wildman–Crippen MR) is 87.8 cm³/mol. The first-order valence-electron chi connectivity index (χ1n) is 7.32. The maximum absolute atomic E-state index is 12.5.